The lowest BCUT2D eigenvalue weighted by Gasteiger charge is -2.21. The number of rotatable bonds is 5. The minimum Gasteiger partial charge on any atom is -0.365 e. The van der Waals surface area contributed by atoms with E-state index in [1.807, 2.05) is 0 Å². The lowest BCUT2D eigenvalue weighted by Crippen LogP contribution is -2.40. The number of fused-ring (bicyclic) bond motifs is 1. The van der Waals surface area contributed by atoms with Crippen molar-refractivity contribution in [1.82, 2.24) is 14.7 Å². The average molecular weight is 488 g/mol. The van der Waals surface area contributed by atoms with Crippen LogP contribution >= 0.6 is 0 Å². The van der Waals surface area contributed by atoms with Crippen molar-refractivity contribution in [3.05, 3.63) is 71.5 Å². The molecule has 4 N–H and O–H groups in total. The van der Waals surface area contributed by atoms with E-state index < -0.39 is 21.5 Å². The van der Waals surface area contributed by atoms with Crippen molar-refractivity contribution in [3.63, 3.8) is 0 Å². The Hall–Kier alpha value is -4.00. The van der Waals surface area contributed by atoms with E-state index in [-0.39, 0.29) is 16.0 Å². The second-order valence-corrected chi connectivity index (χ2v) is 10.9. The number of nitriles is 1. The van der Waals surface area contributed by atoms with Crippen LogP contribution in [-0.2, 0) is 10.0 Å². The maximum atomic E-state index is 13.0. The van der Waals surface area contributed by atoms with Gasteiger partial charge < -0.3 is 10.7 Å². The van der Waals surface area contributed by atoms with Gasteiger partial charge in [0.05, 0.1) is 27.1 Å². The molecular weight excluding hydrogens is 462 g/mol. The number of hydrogen-bond acceptors (Lipinski definition) is 5. The maximum absolute atomic E-state index is 13.0. The van der Waals surface area contributed by atoms with Crippen molar-refractivity contribution in [2.75, 3.05) is 0 Å². The summed E-state index contributed by atoms with van der Waals surface area (Å²) in [5.74, 6) is -0.125. The Balaban J connectivity index is 1.84. The fourth-order valence-electron chi connectivity index (χ4n) is 4.09. The van der Waals surface area contributed by atoms with E-state index in [0.29, 0.717) is 39.1 Å². The molecule has 0 aliphatic carbocycles. The van der Waals surface area contributed by atoms with Gasteiger partial charge in [0.2, 0.25) is 10.0 Å². The number of carbonyl (C=O) groups is 1. The number of hydrogen-bond donors (Lipinski definition) is 3. The molecule has 0 spiro atoms. The van der Waals surface area contributed by atoms with E-state index in [9.17, 15) is 18.5 Å². The summed E-state index contributed by atoms with van der Waals surface area (Å²) in [6, 6.07) is 17.7. The minimum absolute atomic E-state index is 0.0920. The standard InChI is InChI=1S/C26H25N5O3S/c1-15-29-21-13-19(20(14-27)23(25(28)32)24(21)30-15)17-11-9-16(10-12-17)18-7-5-6-8-22(18)35(33,34)31-26(2,3)4/h5-13,31H,1-4H3,(H2,28,32)(H,29,30). The Morgan fingerprint density at radius 3 is 2.23 bits per heavy atom. The summed E-state index contributed by atoms with van der Waals surface area (Å²) in [6.07, 6.45) is 0. The summed E-state index contributed by atoms with van der Waals surface area (Å²) in [6.45, 7) is 7.11. The first kappa shape index (κ1) is 24.1. The van der Waals surface area contributed by atoms with Crippen LogP contribution in [0.2, 0.25) is 0 Å². The van der Waals surface area contributed by atoms with Gasteiger partial charge in [-0.25, -0.2) is 18.1 Å². The molecule has 0 atom stereocenters. The number of aromatic amines is 1. The van der Waals surface area contributed by atoms with Gasteiger partial charge in [0.15, 0.2) is 0 Å². The van der Waals surface area contributed by atoms with Crippen molar-refractivity contribution < 1.29 is 13.2 Å². The molecule has 1 heterocycles. The van der Waals surface area contributed by atoms with E-state index in [1.165, 1.54) is 0 Å². The van der Waals surface area contributed by atoms with Crippen molar-refractivity contribution in [1.29, 1.82) is 5.26 Å². The average Bonchev–Trinajstić information content (AvgIpc) is 3.15. The van der Waals surface area contributed by atoms with Gasteiger partial charge in [-0.15, -0.1) is 0 Å². The number of primary amides is 1. The first-order chi connectivity index (χ1) is 16.4. The highest BCUT2D eigenvalue weighted by Crippen LogP contribution is 2.34. The third-order valence-electron chi connectivity index (χ3n) is 5.38. The Labute approximate surface area is 203 Å². The van der Waals surface area contributed by atoms with Crippen LogP contribution in [0.1, 0.15) is 42.5 Å². The van der Waals surface area contributed by atoms with Crippen molar-refractivity contribution in [2.45, 2.75) is 38.1 Å². The first-order valence-electron chi connectivity index (χ1n) is 10.9. The third-order valence-corrected chi connectivity index (χ3v) is 7.20. The molecule has 0 unspecified atom stereocenters. The van der Waals surface area contributed by atoms with Gasteiger partial charge in [-0.1, -0.05) is 42.5 Å². The Morgan fingerprint density at radius 1 is 1.06 bits per heavy atom. The van der Waals surface area contributed by atoms with Gasteiger partial charge in [0.1, 0.15) is 11.9 Å². The molecule has 1 aromatic heterocycles. The highest BCUT2D eigenvalue weighted by atomic mass is 32.2. The van der Waals surface area contributed by atoms with Crippen LogP contribution in [0.15, 0.2) is 59.5 Å². The molecule has 4 rings (SSSR count). The topological polar surface area (TPSA) is 142 Å². The molecule has 8 nitrogen and oxygen atoms in total. The molecule has 3 aromatic carbocycles. The van der Waals surface area contributed by atoms with Crippen molar-refractivity contribution in [2.24, 2.45) is 5.73 Å². The number of aryl methyl sites for hydroxylation is 1. The molecule has 0 saturated carbocycles. The first-order valence-corrected chi connectivity index (χ1v) is 12.4. The number of nitrogens with one attached hydrogen (secondary N) is 2. The fourth-order valence-corrected chi connectivity index (χ4v) is 5.74. The Bertz CT molecular complexity index is 1610. The fraction of sp³-hybridized carbons (Fsp3) is 0.192. The summed E-state index contributed by atoms with van der Waals surface area (Å²) in [4.78, 5) is 19.8. The van der Waals surface area contributed by atoms with Crippen LogP contribution in [0.3, 0.4) is 0 Å². The molecule has 0 aliphatic rings. The quantitative estimate of drug-likeness (QED) is 0.386. The lowest BCUT2D eigenvalue weighted by molar-refractivity contribution is 0.100. The van der Waals surface area contributed by atoms with E-state index in [1.54, 1.807) is 82.3 Å². The number of sulfonamides is 1. The van der Waals surface area contributed by atoms with E-state index in [2.05, 4.69) is 20.8 Å². The van der Waals surface area contributed by atoms with Crippen LogP contribution in [-0.4, -0.2) is 29.8 Å². The number of aromatic nitrogens is 2. The summed E-state index contributed by atoms with van der Waals surface area (Å²) < 4.78 is 28.8. The van der Waals surface area contributed by atoms with Crippen molar-refractivity contribution >= 4 is 27.0 Å². The molecule has 1 amide bonds. The Morgan fingerprint density at radius 2 is 1.66 bits per heavy atom. The lowest BCUT2D eigenvalue weighted by atomic mass is 9.93. The zero-order valence-corrected chi connectivity index (χ0v) is 20.6. The highest BCUT2D eigenvalue weighted by Gasteiger charge is 2.25. The van der Waals surface area contributed by atoms with Crippen LogP contribution in [0.5, 0.6) is 0 Å². The molecule has 0 bridgehead atoms. The van der Waals surface area contributed by atoms with Crippen LogP contribution in [0.4, 0.5) is 0 Å². The maximum Gasteiger partial charge on any atom is 0.252 e. The normalized spacial score (nSPS) is 12.0. The second-order valence-electron chi connectivity index (χ2n) is 9.30. The highest BCUT2D eigenvalue weighted by molar-refractivity contribution is 7.89. The largest absolute Gasteiger partial charge is 0.365 e. The van der Waals surface area contributed by atoms with Crippen LogP contribution < -0.4 is 10.5 Å². The summed E-state index contributed by atoms with van der Waals surface area (Å²) in [5, 5.41) is 9.86. The van der Waals surface area contributed by atoms with E-state index in [4.69, 9.17) is 5.73 Å². The predicted molar refractivity (Wildman–Crippen MR) is 135 cm³/mol. The van der Waals surface area contributed by atoms with Gasteiger partial charge >= 0.3 is 0 Å². The van der Waals surface area contributed by atoms with Gasteiger partial charge in [0, 0.05) is 16.7 Å². The number of imidazole rings is 1. The molecule has 0 radical (unpaired) electrons. The van der Waals surface area contributed by atoms with E-state index >= 15 is 0 Å². The van der Waals surface area contributed by atoms with Crippen LogP contribution in [0.25, 0.3) is 33.3 Å². The zero-order valence-electron chi connectivity index (χ0n) is 19.8. The smallest absolute Gasteiger partial charge is 0.252 e. The number of benzene rings is 3. The van der Waals surface area contributed by atoms with Gasteiger partial charge in [-0.05, 0) is 51.0 Å². The number of H-pyrrole nitrogens is 1. The molecule has 9 heteroatoms. The number of amides is 1. The third kappa shape index (κ3) is 4.67. The molecule has 4 aromatic rings. The van der Waals surface area contributed by atoms with Gasteiger partial charge in [-0.3, -0.25) is 4.79 Å². The van der Waals surface area contributed by atoms with Crippen LogP contribution in [0, 0.1) is 18.3 Å². The molecule has 178 valence electrons. The summed E-state index contributed by atoms with van der Waals surface area (Å²) in [5.41, 5.74) is 8.60. The molecule has 0 saturated heterocycles. The number of nitrogens with two attached hydrogens (primary N) is 1. The molecule has 0 aliphatic heterocycles. The summed E-state index contributed by atoms with van der Waals surface area (Å²) in [7, 11) is -3.76. The van der Waals surface area contributed by atoms with E-state index in [0.717, 1.165) is 0 Å². The second kappa shape index (κ2) is 8.65. The molecule has 35 heavy (non-hydrogen) atoms. The van der Waals surface area contributed by atoms with Gasteiger partial charge in [0.25, 0.3) is 5.91 Å². The monoisotopic (exact) mass is 487 g/mol. The SMILES string of the molecule is Cc1nc2cc(-c3ccc(-c4ccccc4S(=O)(=O)NC(C)(C)C)cc3)c(C#N)c(C(N)=O)c2[nH]1. The minimum atomic E-state index is -3.76. The predicted octanol–water partition coefficient (Wildman–Crippen LogP) is 4.25. The zero-order chi connectivity index (χ0) is 25.5. The number of nitrogens with zero attached hydrogens (tertiary/aromatic N) is 2. The van der Waals surface area contributed by atoms with Gasteiger partial charge in [-0.2, -0.15) is 5.26 Å². The van der Waals surface area contributed by atoms with Crippen molar-refractivity contribution in [3.8, 4) is 28.3 Å². The number of carbonyl (C=O) groups excluding carboxylic acids is 1. The summed E-state index contributed by atoms with van der Waals surface area (Å²) >= 11 is 0. The Kier molecular flexibility index (Phi) is 5.97. The molecule has 0 fully saturated rings. The molecular formula is C26H25N5O3S.